The van der Waals surface area contributed by atoms with Crippen molar-refractivity contribution in [1.82, 2.24) is 19.9 Å². The number of likely N-dealkylation sites (tertiary alicyclic amines) is 1. The summed E-state index contributed by atoms with van der Waals surface area (Å²) in [5.41, 5.74) is 1.38. The van der Waals surface area contributed by atoms with Crippen LogP contribution >= 0.6 is 22.9 Å². The Labute approximate surface area is 168 Å². The molecule has 6 nitrogen and oxygen atoms in total. The summed E-state index contributed by atoms with van der Waals surface area (Å²) < 4.78 is 5.46. The summed E-state index contributed by atoms with van der Waals surface area (Å²) >= 11 is 7.68. The fraction of sp³-hybridized carbons (Fsp3) is 0.737. The molecule has 27 heavy (non-hydrogen) atoms. The van der Waals surface area contributed by atoms with Gasteiger partial charge in [-0.15, -0.1) is 0 Å². The average molecular weight is 408 g/mol. The number of anilines is 1. The van der Waals surface area contributed by atoms with E-state index < -0.39 is 0 Å². The number of ether oxygens (including phenoxy) is 1. The van der Waals surface area contributed by atoms with Crippen LogP contribution in [-0.2, 0) is 4.74 Å². The predicted molar refractivity (Wildman–Crippen MR) is 109 cm³/mol. The third kappa shape index (κ3) is 3.55. The van der Waals surface area contributed by atoms with Crippen LogP contribution in [0.5, 0.6) is 0 Å². The zero-order valence-corrected chi connectivity index (χ0v) is 17.3. The van der Waals surface area contributed by atoms with Gasteiger partial charge in [0.2, 0.25) is 5.28 Å². The molecule has 0 unspecified atom stereocenters. The van der Waals surface area contributed by atoms with Crippen LogP contribution in [0.2, 0.25) is 5.28 Å². The van der Waals surface area contributed by atoms with Crippen LogP contribution < -0.4 is 5.32 Å². The summed E-state index contributed by atoms with van der Waals surface area (Å²) in [7, 11) is 0. The SMILES string of the molecule is Cc1nc2c(NC3CCC(N4CCC5(CC4)COC5)CC3)nc(Cl)nc2s1. The fourth-order valence-electron chi connectivity index (χ4n) is 4.82. The normalized spacial score (nSPS) is 28.4. The van der Waals surface area contributed by atoms with Crippen LogP contribution in [0.15, 0.2) is 0 Å². The maximum absolute atomic E-state index is 6.12. The van der Waals surface area contributed by atoms with Crippen molar-refractivity contribution in [2.45, 2.75) is 57.5 Å². The number of hydrogen-bond donors (Lipinski definition) is 1. The molecule has 1 saturated carbocycles. The Balaban J connectivity index is 1.19. The molecule has 1 spiro atoms. The minimum atomic E-state index is 0.296. The van der Waals surface area contributed by atoms with Gasteiger partial charge in [0.25, 0.3) is 0 Å². The van der Waals surface area contributed by atoms with Crippen molar-refractivity contribution in [3.63, 3.8) is 0 Å². The van der Waals surface area contributed by atoms with Crippen LogP contribution in [0.25, 0.3) is 10.3 Å². The summed E-state index contributed by atoms with van der Waals surface area (Å²) in [4.78, 5) is 16.9. The van der Waals surface area contributed by atoms with E-state index in [4.69, 9.17) is 16.3 Å². The zero-order valence-electron chi connectivity index (χ0n) is 15.7. The molecular weight excluding hydrogens is 382 g/mol. The van der Waals surface area contributed by atoms with Crippen molar-refractivity contribution in [3.8, 4) is 0 Å². The molecule has 0 bridgehead atoms. The Morgan fingerprint density at radius 1 is 1.11 bits per heavy atom. The Kier molecular flexibility index (Phi) is 4.74. The minimum Gasteiger partial charge on any atom is -0.380 e. The van der Waals surface area contributed by atoms with Gasteiger partial charge in [0.1, 0.15) is 5.52 Å². The molecule has 3 fully saturated rings. The second-order valence-electron chi connectivity index (χ2n) is 8.41. The molecule has 0 aromatic carbocycles. The molecule has 2 aliphatic heterocycles. The lowest BCUT2D eigenvalue weighted by Gasteiger charge is -2.49. The van der Waals surface area contributed by atoms with E-state index in [1.165, 1.54) is 51.6 Å². The topological polar surface area (TPSA) is 63.2 Å². The first-order valence-corrected chi connectivity index (χ1v) is 11.2. The van der Waals surface area contributed by atoms with E-state index in [2.05, 4.69) is 25.2 Å². The highest BCUT2D eigenvalue weighted by Gasteiger charge is 2.42. The molecular formula is C19H26ClN5OS. The van der Waals surface area contributed by atoms with Gasteiger partial charge in [-0.05, 0) is 70.1 Å². The molecule has 2 aromatic heterocycles. The van der Waals surface area contributed by atoms with Gasteiger partial charge >= 0.3 is 0 Å². The number of fused-ring (bicyclic) bond motifs is 1. The number of aromatic nitrogens is 3. The molecule has 2 saturated heterocycles. The molecule has 146 valence electrons. The van der Waals surface area contributed by atoms with Gasteiger partial charge in [-0.1, -0.05) is 11.3 Å². The Morgan fingerprint density at radius 2 is 1.85 bits per heavy atom. The van der Waals surface area contributed by atoms with Gasteiger partial charge in [0, 0.05) is 17.5 Å². The van der Waals surface area contributed by atoms with Crippen LogP contribution in [0, 0.1) is 12.3 Å². The van der Waals surface area contributed by atoms with Crippen molar-refractivity contribution in [3.05, 3.63) is 10.3 Å². The van der Waals surface area contributed by atoms with Crippen LogP contribution in [0.1, 0.15) is 43.5 Å². The van der Waals surface area contributed by atoms with Gasteiger partial charge in [0.15, 0.2) is 10.6 Å². The van der Waals surface area contributed by atoms with Crippen molar-refractivity contribution >= 4 is 39.1 Å². The lowest BCUT2D eigenvalue weighted by Crippen LogP contribution is -2.53. The third-order valence-electron chi connectivity index (χ3n) is 6.57. The Hall–Kier alpha value is -1.02. The summed E-state index contributed by atoms with van der Waals surface area (Å²) in [6, 6.07) is 1.17. The maximum atomic E-state index is 6.12. The standard InChI is InChI=1S/C19H26ClN5OS/c1-12-21-15-16(23-18(20)24-17(15)27-12)22-13-2-4-14(5-3-13)25-8-6-19(7-9-25)10-26-11-19/h13-14H,2-11H2,1H3,(H,22,23,24). The van der Waals surface area contributed by atoms with E-state index in [0.717, 1.165) is 40.4 Å². The van der Waals surface area contributed by atoms with Crippen LogP contribution in [0.4, 0.5) is 5.82 Å². The highest BCUT2D eigenvalue weighted by Crippen LogP contribution is 2.40. The third-order valence-corrected chi connectivity index (χ3v) is 7.60. The summed E-state index contributed by atoms with van der Waals surface area (Å²) in [5, 5.41) is 4.90. The lowest BCUT2D eigenvalue weighted by molar-refractivity contribution is -0.143. The molecule has 0 radical (unpaired) electrons. The summed E-state index contributed by atoms with van der Waals surface area (Å²) in [6.07, 6.45) is 7.46. The largest absolute Gasteiger partial charge is 0.380 e. The van der Waals surface area contributed by atoms with Crippen molar-refractivity contribution in [1.29, 1.82) is 0 Å². The molecule has 2 aromatic rings. The molecule has 1 aliphatic carbocycles. The van der Waals surface area contributed by atoms with Crippen molar-refractivity contribution in [2.75, 3.05) is 31.6 Å². The number of aryl methyl sites for hydroxylation is 1. The molecule has 3 aliphatic rings. The van der Waals surface area contributed by atoms with Crippen molar-refractivity contribution in [2.24, 2.45) is 5.41 Å². The van der Waals surface area contributed by atoms with E-state index in [0.29, 0.717) is 16.7 Å². The number of halogens is 1. The molecule has 1 N–H and O–H groups in total. The van der Waals surface area contributed by atoms with E-state index >= 15 is 0 Å². The second-order valence-corrected chi connectivity index (χ2v) is 9.93. The minimum absolute atomic E-state index is 0.296. The van der Waals surface area contributed by atoms with Gasteiger partial charge in [-0.3, -0.25) is 0 Å². The van der Waals surface area contributed by atoms with Crippen LogP contribution in [0.3, 0.4) is 0 Å². The Morgan fingerprint density at radius 3 is 2.52 bits per heavy atom. The first-order valence-electron chi connectivity index (χ1n) is 9.99. The monoisotopic (exact) mass is 407 g/mol. The van der Waals surface area contributed by atoms with Gasteiger partial charge in [0.05, 0.1) is 18.2 Å². The number of rotatable bonds is 3. The lowest BCUT2D eigenvalue weighted by atomic mass is 9.76. The summed E-state index contributed by atoms with van der Waals surface area (Å²) in [6.45, 7) is 6.46. The first kappa shape index (κ1) is 18.0. The molecule has 5 rings (SSSR count). The first-order chi connectivity index (χ1) is 13.1. The van der Waals surface area contributed by atoms with E-state index in [1.54, 1.807) is 11.3 Å². The number of piperidine rings is 1. The van der Waals surface area contributed by atoms with Gasteiger partial charge in [-0.25, -0.2) is 9.97 Å². The Bertz CT molecular complexity index is 821. The average Bonchev–Trinajstić information content (AvgIpc) is 3.01. The predicted octanol–water partition coefficient (Wildman–Crippen LogP) is 3.88. The fourth-order valence-corrected chi connectivity index (χ4v) is 5.83. The maximum Gasteiger partial charge on any atom is 0.225 e. The molecule has 0 atom stereocenters. The van der Waals surface area contributed by atoms with E-state index in [1.807, 2.05) is 6.92 Å². The number of nitrogens with one attached hydrogen (secondary N) is 1. The molecule has 4 heterocycles. The van der Waals surface area contributed by atoms with Gasteiger partial charge in [-0.2, -0.15) is 4.98 Å². The van der Waals surface area contributed by atoms with Crippen molar-refractivity contribution < 1.29 is 4.74 Å². The van der Waals surface area contributed by atoms with E-state index in [-0.39, 0.29) is 0 Å². The quantitative estimate of drug-likeness (QED) is 0.779. The summed E-state index contributed by atoms with van der Waals surface area (Å²) in [5.74, 6) is 0.794. The van der Waals surface area contributed by atoms with Crippen LogP contribution in [-0.4, -0.2) is 58.2 Å². The second kappa shape index (κ2) is 7.10. The highest BCUT2D eigenvalue weighted by molar-refractivity contribution is 7.18. The highest BCUT2D eigenvalue weighted by atomic mass is 35.5. The molecule has 8 heteroatoms. The zero-order chi connectivity index (χ0) is 18.4. The number of nitrogens with zero attached hydrogens (tertiary/aromatic N) is 4. The van der Waals surface area contributed by atoms with Gasteiger partial charge < -0.3 is 15.0 Å². The molecule has 0 amide bonds. The van der Waals surface area contributed by atoms with E-state index in [9.17, 15) is 0 Å². The smallest absolute Gasteiger partial charge is 0.225 e. The number of hydrogen-bond acceptors (Lipinski definition) is 7. The number of thiazole rings is 1.